The van der Waals surface area contributed by atoms with E-state index in [2.05, 4.69) is 4.98 Å². The third kappa shape index (κ3) is 3.11. The van der Waals surface area contributed by atoms with Crippen LogP contribution in [0.2, 0.25) is 0 Å². The van der Waals surface area contributed by atoms with Gasteiger partial charge in [0, 0.05) is 11.1 Å². The van der Waals surface area contributed by atoms with E-state index < -0.39 is 11.9 Å². The van der Waals surface area contributed by atoms with Crippen molar-refractivity contribution in [3.63, 3.8) is 0 Å². The SMILES string of the molecule is CCOC(=O)C1C/C(=C/c2cccc(F)n2)C(=O)c2ccccc21. The monoisotopic (exact) mass is 325 g/mol. The number of pyridine rings is 1. The molecule has 0 fully saturated rings. The van der Waals surface area contributed by atoms with Crippen LogP contribution in [0.3, 0.4) is 0 Å². The molecular formula is C19H16FNO3. The van der Waals surface area contributed by atoms with E-state index in [1.54, 1.807) is 37.3 Å². The fraction of sp³-hybridized carbons (Fsp3) is 0.211. The van der Waals surface area contributed by atoms with E-state index in [0.717, 1.165) is 0 Å². The summed E-state index contributed by atoms with van der Waals surface area (Å²) in [6.45, 7) is 2.02. The number of esters is 1. The van der Waals surface area contributed by atoms with E-state index >= 15 is 0 Å². The number of halogens is 1. The molecule has 122 valence electrons. The fourth-order valence-corrected chi connectivity index (χ4v) is 2.86. The predicted molar refractivity (Wildman–Crippen MR) is 86.9 cm³/mol. The Hall–Kier alpha value is -2.82. The summed E-state index contributed by atoms with van der Waals surface area (Å²) in [5, 5.41) is 0. The highest BCUT2D eigenvalue weighted by Crippen LogP contribution is 2.36. The summed E-state index contributed by atoms with van der Waals surface area (Å²) in [5.74, 6) is -1.69. The van der Waals surface area contributed by atoms with Crippen molar-refractivity contribution in [2.24, 2.45) is 0 Å². The van der Waals surface area contributed by atoms with Crippen LogP contribution in [0.4, 0.5) is 4.39 Å². The Morgan fingerprint density at radius 2 is 2.08 bits per heavy atom. The minimum absolute atomic E-state index is 0.169. The number of nitrogens with zero attached hydrogens (tertiary/aromatic N) is 1. The van der Waals surface area contributed by atoms with Crippen LogP contribution in [0.1, 0.15) is 40.9 Å². The topological polar surface area (TPSA) is 56.3 Å². The molecule has 0 aliphatic heterocycles. The molecule has 0 amide bonds. The first-order valence-corrected chi connectivity index (χ1v) is 7.73. The standard InChI is InChI=1S/C19H16FNO3/c1-2-24-19(23)16-11-12(10-13-6-5-9-17(20)21-13)18(22)15-8-4-3-7-14(15)16/h3-10,16H,2,11H2,1H3/b12-10-. The van der Waals surface area contributed by atoms with Gasteiger partial charge in [-0.3, -0.25) is 9.59 Å². The van der Waals surface area contributed by atoms with Gasteiger partial charge in [-0.1, -0.05) is 30.3 Å². The Bertz CT molecular complexity index is 829. The second-order valence-corrected chi connectivity index (χ2v) is 5.48. The molecule has 0 spiro atoms. The number of aromatic nitrogens is 1. The Kier molecular flexibility index (Phi) is 4.51. The average molecular weight is 325 g/mol. The van der Waals surface area contributed by atoms with Crippen molar-refractivity contribution >= 4 is 17.8 Å². The van der Waals surface area contributed by atoms with Crippen LogP contribution in [0.25, 0.3) is 6.08 Å². The lowest BCUT2D eigenvalue weighted by molar-refractivity contribution is -0.144. The number of hydrogen-bond acceptors (Lipinski definition) is 4. The van der Waals surface area contributed by atoms with Gasteiger partial charge in [0.15, 0.2) is 5.78 Å². The normalized spacial score (nSPS) is 18.3. The highest BCUT2D eigenvalue weighted by atomic mass is 19.1. The summed E-state index contributed by atoms with van der Waals surface area (Å²) in [6, 6.07) is 11.4. The molecule has 0 N–H and O–H groups in total. The third-order valence-corrected chi connectivity index (χ3v) is 3.93. The zero-order valence-corrected chi connectivity index (χ0v) is 13.2. The van der Waals surface area contributed by atoms with Gasteiger partial charge in [-0.05, 0) is 37.1 Å². The number of benzene rings is 1. The molecule has 1 aromatic carbocycles. The molecule has 1 unspecified atom stereocenters. The van der Waals surface area contributed by atoms with Gasteiger partial charge in [-0.2, -0.15) is 4.39 Å². The summed E-state index contributed by atoms with van der Waals surface area (Å²) >= 11 is 0. The Morgan fingerprint density at radius 3 is 2.83 bits per heavy atom. The second kappa shape index (κ2) is 6.74. The van der Waals surface area contributed by atoms with E-state index in [9.17, 15) is 14.0 Å². The van der Waals surface area contributed by atoms with Crippen molar-refractivity contribution in [1.82, 2.24) is 4.98 Å². The average Bonchev–Trinajstić information content (AvgIpc) is 2.58. The van der Waals surface area contributed by atoms with Crippen molar-refractivity contribution in [1.29, 1.82) is 0 Å². The quantitative estimate of drug-likeness (QED) is 0.492. The van der Waals surface area contributed by atoms with Crippen LogP contribution in [-0.4, -0.2) is 23.3 Å². The zero-order valence-electron chi connectivity index (χ0n) is 13.2. The number of ketones is 1. The summed E-state index contributed by atoms with van der Waals surface area (Å²) in [6.07, 6.45) is 1.75. The first-order chi connectivity index (χ1) is 11.6. The molecule has 0 radical (unpaired) electrons. The summed E-state index contributed by atoms with van der Waals surface area (Å²) < 4.78 is 18.4. The molecular weight excluding hydrogens is 309 g/mol. The summed E-state index contributed by atoms with van der Waals surface area (Å²) in [7, 11) is 0. The fourth-order valence-electron chi connectivity index (χ4n) is 2.86. The molecule has 4 nitrogen and oxygen atoms in total. The first-order valence-electron chi connectivity index (χ1n) is 7.73. The Morgan fingerprint density at radius 1 is 1.29 bits per heavy atom. The number of rotatable bonds is 3. The van der Waals surface area contributed by atoms with Crippen molar-refractivity contribution in [2.45, 2.75) is 19.3 Å². The van der Waals surface area contributed by atoms with Gasteiger partial charge in [0.25, 0.3) is 0 Å². The number of Topliss-reactive ketones (excluding diaryl/α,β-unsaturated/α-hetero) is 1. The largest absolute Gasteiger partial charge is 0.466 e. The lowest BCUT2D eigenvalue weighted by Crippen LogP contribution is -2.25. The minimum Gasteiger partial charge on any atom is -0.466 e. The summed E-state index contributed by atoms with van der Waals surface area (Å²) in [4.78, 5) is 28.7. The first kappa shape index (κ1) is 16.1. The van der Waals surface area contributed by atoms with Crippen LogP contribution < -0.4 is 0 Å². The number of carbonyl (C=O) groups excluding carboxylic acids is 2. The molecule has 5 heteroatoms. The van der Waals surface area contributed by atoms with Crippen molar-refractivity contribution in [2.75, 3.05) is 6.61 Å². The van der Waals surface area contributed by atoms with E-state index in [1.165, 1.54) is 18.2 Å². The van der Waals surface area contributed by atoms with Gasteiger partial charge in [0.2, 0.25) is 5.95 Å². The second-order valence-electron chi connectivity index (χ2n) is 5.48. The number of ether oxygens (including phenoxy) is 1. The number of allylic oxidation sites excluding steroid dienone is 1. The zero-order chi connectivity index (χ0) is 17.1. The Balaban J connectivity index is 2.04. The maximum Gasteiger partial charge on any atom is 0.313 e. The third-order valence-electron chi connectivity index (χ3n) is 3.93. The van der Waals surface area contributed by atoms with Crippen LogP contribution in [0.15, 0.2) is 48.0 Å². The van der Waals surface area contributed by atoms with Crippen LogP contribution in [0, 0.1) is 5.95 Å². The molecule has 0 saturated heterocycles. The molecule has 24 heavy (non-hydrogen) atoms. The molecule has 3 rings (SSSR count). The van der Waals surface area contributed by atoms with Gasteiger partial charge < -0.3 is 4.74 Å². The molecule has 1 aliphatic rings. The van der Waals surface area contributed by atoms with E-state index in [1.807, 2.05) is 0 Å². The molecule has 1 atom stereocenters. The van der Waals surface area contributed by atoms with Gasteiger partial charge in [0.1, 0.15) is 0 Å². The molecule has 1 heterocycles. The minimum atomic E-state index is -0.616. The predicted octanol–water partition coefficient (Wildman–Crippen LogP) is 3.54. The maximum atomic E-state index is 13.3. The molecule has 0 saturated carbocycles. The van der Waals surface area contributed by atoms with Crippen molar-refractivity contribution < 1.29 is 18.7 Å². The van der Waals surface area contributed by atoms with Gasteiger partial charge in [0.05, 0.1) is 18.2 Å². The number of hydrogen-bond donors (Lipinski definition) is 0. The number of carbonyl (C=O) groups is 2. The van der Waals surface area contributed by atoms with Crippen LogP contribution in [0.5, 0.6) is 0 Å². The van der Waals surface area contributed by atoms with Gasteiger partial charge in [-0.15, -0.1) is 0 Å². The molecule has 1 aromatic heterocycles. The van der Waals surface area contributed by atoms with Crippen LogP contribution in [-0.2, 0) is 9.53 Å². The molecule has 2 aromatic rings. The van der Waals surface area contributed by atoms with Gasteiger partial charge in [-0.25, -0.2) is 4.98 Å². The van der Waals surface area contributed by atoms with E-state index in [4.69, 9.17) is 4.74 Å². The highest BCUT2D eigenvalue weighted by Gasteiger charge is 2.34. The van der Waals surface area contributed by atoms with E-state index in [-0.39, 0.29) is 24.8 Å². The summed E-state index contributed by atoms with van der Waals surface area (Å²) in [5.41, 5.74) is 1.92. The maximum absolute atomic E-state index is 13.3. The lowest BCUT2D eigenvalue weighted by Gasteiger charge is -2.25. The van der Waals surface area contributed by atoms with Crippen molar-refractivity contribution in [3.8, 4) is 0 Å². The van der Waals surface area contributed by atoms with Crippen LogP contribution >= 0.6 is 0 Å². The lowest BCUT2D eigenvalue weighted by atomic mass is 9.79. The molecule has 1 aliphatic carbocycles. The smallest absolute Gasteiger partial charge is 0.313 e. The van der Waals surface area contributed by atoms with E-state index in [0.29, 0.717) is 22.4 Å². The number of fused-ring (bicyclic) bond motifs is 1. The molecule has 0 bridgehead atoms. The Labute approximate surface area is 139 Å². The van der Waals surface area contributed by atoms with Crippen molar-refractivity contribution in [3.05, 3.63) is 70.8 Å². The van der Waals surface area contributed by atoms with Gasteiger partial charge >= 0.3 is 5.97 Å². The highest BCUT2D eigenvalue weighted by molar-refractivity contribution is 6.14.